The Kier molecular flexibility index (Phi) is 2.49. The minimum absolute atomic E-state index is 0.525. The van der Waals surface area contributed by atoms with Gasteiger partial charge in [-0.1, -0.05) is 0 Å². The van der Waals surface area contributed by atoms with Crippen LogP contribution >= 0.6 is 0 Å². The zero-order valence-corrected chi connectivity index (χ0v) is 8.35. The maximum atomic E-state index is 5.76. The summed E-state index contributed by atoms with van der Waals surface area (Å²) < 4.78 is 0. The minimum Gasteiger partial charge on any atom is -0.380 e. The van der Waals surface area contributed by atoms with E-state index < -0.39 is 0 Å². The molecule has 2 heterocycles. The molecule has 1 saturated heterocycles. The molecule has 1 fully saturated rings. The Labute approximate surface area is 83.5 Å². The van der Waals surface area contributed by atoms with Crippen LogP contribution in [0.15, 0.2) is 12.3 Å². The monoisotopic (exact) mass is 193 g/mol. The Bertz CT molecular complexity index is 306. The maximum Gasteiger partial charge on any atom is 0.169 e. The second-order valence-electron chi connectivity index (χ2n) is 3.59. The largest absolute Gasteiger partial charge is 0.380 e. The van der Waals surface area contributed by atoms with Crippen LogP contribution in [0.4, 0.5) is 11.5 Å². The fourth-order valence-corrected chi connectivity index (χ4v) is 1.65. The highest BCUT2D eigenvalue weighted by molar-refractivity contribution is 5.62. The topological polar surface area (TPSA) is 58.3 Å². The summed E-state index contributed by atoms with van der Waals surface area (Å²) in [4.78, 5) is 4.56. The van der Waals surface area contributed by atoms with Crippen molar-refractivity contribution in [2.75, 3.05) is 43.9 Å². The van der Waals surface area contributed by atoms with Crippen LogP contribution < -0.4 is 10.6 Å². The van der Waals surface area contributed by atoms with Gasteiger partial charge in [0.15, 0.2) is 5.82 Å². The van der Waals surface area contributed by atoms with Crippen LogP contribution in [0.1, 0.15) is 0 Å². The number of anilines is 2. The molecule has 0 spiro atoms. The molecule has 0 unspecified atom stereocenters. The van der Waals surface area contributed by atoms with Gasteiger partial charge < -0.3 is 15.5 Å². The summed E-state index contributed by atoms with van der Waals surface area (Å²) >= 11 is 0. The Hall–Kier alpha value is -1.36. The fraction of sp³-hybridized carbons (Fsp3) is 0.556. The smallest absolute Gasteiger partial charge is 0.169 e. The number of hydrogen-bond donors (Lipinski definition) is 1. The van der Waals surface area contributed by atoms with Crippen molar-refractivity contribution in [1.29, 1.82) is 0 Å². The quantitative estimate of drug-likeness (QED) is 0.670. The first-order valence-electron chi connectivity index (χ1n) is 4.78. The first-order chi connectivity index (χ1) is 6.77. The Morgan fingerprint density at radius 2 is 2.00 bits per heavy atom. The third-order valence-corrected chi connectivity index (χ3v) is 2.57. The average molecular weight is 193 g/mol. The Morgan fingerprint density at radius 1 is 1.29 bits per heavy atom. The van der Waals surface area contributed by atoms with Gasteiger partial charge in [0, 0.05) is 26.2 Å². The van der Waals surface area contributed by atoms with Gasteiger partial charge in [0.25, 0.3) is 0 Å². The van der Waals surface area contributed by atoms with Crippen LogP contribution in [0.25, 0.3) is 0 Å². The summed E-state index contributed by atoms with van der Waals surface area (Å²) in [6.07, 6.45) is 1.68. The molecule has 0 aromatic carbocycles. The second-order valence-corrected chi connectivity index (χ2v) is 3.59. The van der Waals surface area contributed by atoms with Gasteiger partial charge in [-0.25, -0.2) is 0 Å². The lowest BCUT2D eigenvalue weighted by atomic mass is 10.3. The van der Waals surface area contributed by atoms with Crippen LogP contribution in [0.5, 0.6) is 0 Å². The molecule has 2 N–H and O–H groups in total. The molecular weight excluding hydrogens is 178 g/mol. The molecule has 0 radical (unpaired) electrons. The zero-order valence-electron chi connectivity index (χ0n) is 8.35. The molecule has 0 bridgehead atoms. The van der Waals surface area contributed by atoms with E-state index in [0.29, 0.717) is 5.82 Å². The minimum atomic E-state index is 0.525. The molecule has 0 saturated carbocycles. The average Bonchev–Trinajstić information content (AvgIpc) is 2.20. The van der Waals surface area contributed by atoms with Crippen molar-refractivity contribution in [3.8, 4) is 0 Å². The predicted octanol–water partition coefficient (Wildman–Crippen LogP) is -0.189. The van der Waals surface area contributed by atoms with Crippen LogP contribution in [-0.4, -0.2) is 48.3 Å². The van der Waals surface area contributed by atoms with Crippen molar-refractivity contribution in [2.24, 2.45) is 0 Å². The lowest BCUT2D eigenvalue weighted by Crippen LogP contribution is -2.44. The van der Waals surface area contributed by atoms with Gasteiger partial charge in [0.2, 0.25) is 0 Å². The number of rotatable bonds is 1. The van der Waals surface area contributed by atoms with Gasteiger partial charge in [-0.05, 0) is 13.1 Å². The van der Waals surface area contributed by atoms with E-state index in [4.69, 9.17) is 5.73 Å². The summed E-state index contributed by atoms with van der Waals surface area (Å²) in [7, 11) is 2.13. The Morgan fingerprint density at radius 3 is 2.64 bits per heavy atom. The van der Waals surface area contributed by atoms with Gasteiger partial charge >= 0.3 is 0 Å². The van der Waals surface area contributed by atoms with Crippen molar-refractivity contribution >= 4 is 11.5 Å². The van der Waals surface area contributed by atoms with Crippen molar-refractivity contribution in [3.05, 3.63) is 12.3 Å². The summed E-state index contributed by atoms with van der Waals surface area (Å²) in [5.41, 5.74) is 6.76. The molecule has 76 valence electrons. The second kappa shape index (κ2) is 3.79. The van der Waals surface area contributed by atoms with Gasteiger partial charge in [-0.2, -0.15) is 5.10 Å². The number of hydrogen-bond acceptors (Lipinski definition) is 5. The maximum absolute atomic E-state index is 5.76. The number of likely N-dealkylation sites (N-methyl/N-ethyl adjacent to an activating group) is 1. The lowest BCUT2D eigenvalue weighted by molar-refractivity contribution is 0.313. The van der Waals surface area contributed by atoms with E-state index in [2.05, 4.69) is 27.0 Å². The van der Waals surface area contributed by atoms with Crippen molar-refractivity contribution < 1.29 is 0 Å². The molecule has 0 amide bonds. The third-order valence-electron chi connectivity index (χ3n) is 2.57. The molecule has 1 aromatic rings. The fourth-order valence-electron chi connectivity index (χ4n) is 1.65. The van der Waals surface area contributed by atoms with Gasteiger partial charge in [-0.3, -0.25) is 0 Å². The molecule has 0 aliphatic carbocycles. The molecule has 5 heteroatoms. The summed E-state index contributed by atoms with van der Waals surface area (Å²) in [5.74, 6) is 0.525. The molecule has 1 aromatic heterocycles. The van der Waals surface area contributed by atoms with E-state index in [1.54, 1.807) is 6.20 Å². The van der Waals surface area contributed by atoms with E-state index >= 15 is 0 Å². The molecule has 1 aliphatic rings. The zero-order chi connectivity index (χ0) is 9.97. The molecule has 2 rings (SSSR count). The Balaban J connectivity index is 2.12. The molecule has 0 atom stereocenters. The summed E-state index contributed by atoms with van der Waals surface area (Å²) in [5, 5.41) is 7.59. The first kappa shape index (κ1) is 9.21. The van der Waals surface area contributed by atoms with Gasteiger partial charge in [0.05, 0.1) is 11.9 Å². The SMILES string of the molecule is CN1CCN(c2ccnnc2N)CC1. The van der Waals surface area contributed by atoms with Crippen molar-refractivity contribution in [3.63, 3.8) is 0 Å². The highest BCUT2D eigenvalue weighted by Crippen LogP contribution is 2.20. The third kappa shape index (κ3) is 1.77. The van der Waals surface area contributed by atoms with Gasteiger partial charge in [-0.15, -0.1) is 5.10 Å². The lowest BCUT2D eigenvalue weighted by Gasteiger charge is -2.34. The molecule has 1 aliphatic heterocycles. The van der Waals surface area contributed by atoms with E-state index in [-0.39, 0.29) is 0 Å². The van der Waals surface area contributed by atoms with E-state index in [0.717, 1.165) is 31.9 Å². The first-order valence-corrected chi connectivity index (χ1v) is 4.78. The standard InChI is InChI=1S/C9H15N5/c1-13-4-6-14(7-5-13)8-2-3-11-12-9(8)10/h2-3H,4-7H2,1H3,(H2,10,12). The van der Waals surface area contributed by atoms with E-state index in [9.17, 15) is 0 Å². The molecular formula is C9H15N5. The summed E-state index contributed by atoms with van der Waals surface area (Å²) in [6, 6.07) is 1.92. The van der Waals surface area contributed by atoms with Crippen molar-refractivity contribution in [1.82, 2.24) is 15.1 Å². The highest BCUT2D eigenvalue weighted by atomic mass is 15.3. The van der Waals surface area contributed by atoms with Crippen LogP contribution in [0.2, 0.25) is 0 Å². The number of nitrogens with zero attached hydrogens (tertiary/aromatic N) is 4. The van der Waals surface area contributed by atoms with Crippen molar-refractivity contribution in [2.45, 2.75) is 0 Å². The number of nitrogen functional groups attached to an aromatic ring is 1. The number of piperazine rings is 1. The van der Waals surface area contributed by atoms with Crippen LogP contribution in [0.3, 0.4) is 0 Å². The van der Waals surface area contributed by atoms with Crippen LogP contribution in [-0.2, 0) is 0 Å². The normalized spacial score (nSPS) is 18.5. The molecule has 5 nitrogen and oxygen atoms in total. The van der Waals surface area contributed by atoms with Crippen LogP contribution in [0, 0.1) is 0 Å². The number of nitrogens with two attached hydrogens (primary N) is 1. The van der Waals surface area contributed by atoms with Gasteiger partial charge in [0.1, 0.15) is 0 Å². The van der Waals surface area contributed by atoms with E-state index in [1.165, 1.54) is 0 Å². The summed E-state index contributed by atoms with van der Waals surface area (Å²) in [6.45, 7) is 4.16. The molecule has 14 heavy (non-hydrogen) atoms. The van der Waals surface area contributed by atoms with E-state index in [1.807, 2.05) is 6.07 Å². The highest BCUT2D eigenvalue weighted by Gasteiger charge is 2.16. The predicted molar refractivity (Wildman–Crippen MR) is 56.2 cm³/mol. The number of aromatic nitrogens is 2.